The van der Waals surface area contributed by atoms with Gasteiger partial charge in [0.2, 0.25) is 0 Å². The number of rotatable bonds is 5. The lowest BCUT2D eigenvalue weighted by atomic mass is 10.1. The molecule has 0 unspecified atom stereocenters. The number of methoxy groups -OCH3 is 2. The van der Waals surface area contributed by atoms with Crippen molar-refractivity contribution in [3.63, 3.8) is 0 Å². The molecule has 30 heavy (non-hydrogen) atoms. The summed E-state index contributed by atoms with van der Waals surface area (Å²) in [6.07, 6.45) is 0. The molecule has 0 saturated carbocycles. The number of sulfonamides is 1. The highest BCUT2D eigenvalue weighted by Crippen LogP contribution is 2.39. The summed E-state index contributed by atoms with van der Waals surface area (Å²) in [7, 11) is -1.43. The molecule has 0 bridgehead atoms. The average Bonchev–Trinajstić information content (AvgIpc) is 2.74. The number of carbonyl (C=O) groups excluding carboxylic acids is 2. The molecule has 0 saturated heterocycles. The van der Waals surface area contributed by atoms with Crippen molar-refractivity contribution in [2.75, 3.05) is 14.2 Å². The highest BCUT2D eigenvalue weighted by Gasteiger charge is 2.43. The normalized spacial score (nSPS) is 14.9. The molecule has 0 spiro atoms. The molecule has 0 amide bonds. The fraction of sp³-hybridized carbons (Fsp3) is 0.238. The van der Waals surface area contributed by atoms with Gasteiger partial charge in [0.15, 0.2) is 11.5 Å². The zero-order valence-electron chi connectivity index (χ0n) is 16.9. The number of nitrogens with zero attached hydrogens (tertiary/aromatic N) is 1. The van der Waals surface area contributed by atoms with Crippen LogP contribution >= 0.6 is 0 Å². The summed E-state index contributed by atoms with van der Waals surface area (Å²) >= 11 is 0. The van der Waals surface area contributed by atoms with Gasteiger partial charge in [-0.25, -0.2) is 18.0 Å². The SMILES string of the molecule is COC(=O)C1=C(OC(=O)c2ccc(OC)cc2)c2ccccc2S(=O)(=O)N1C(C)C. The minimum atomic E-state index is -4.06. The predicted octanol–water partition coefficient (Wildman–Crippen LogP) is 2.81. The van der Waals surface area contributed by atoms with Crippen molar-refractivity contribution >= 4 is 27.7 Å². The molecule has 2 aromatic rings. The molecule has 9 heteroatoms. The Labute approximate surface area is 174 Å². The zero-order valence-corrected chi connectivity index (χ0v) is 17.7. The average molecular weight is 431 g/mol. The number of carbonyl (C=O) groups is 2. The smallest absolute Gasteiger partial charge is 0.359 e. The number of benzene rings is 2. The van der Waals surface area contributed by atoms with E-state index in [1.54, 1.807) is 38.1 Å². The zero-order chi connectivity index (χ0) is 22.1. The lowest BCUT2D eigenvalue weighted by Crippen LogP contribution is -2.43. The first-order chi connectivity index (χ1) is 14.2. The molecule has 0 aliphatic carbocycles. The molecule has 0 N–H and O–H groups in total. The molecule has 0 fully saturated rings. The summed E-state index contributed by atoms with van der Waals surface area (Å²) in [5.74, 6) is -1.31. The molecule has 0 radical (unpaired) electrons. The first-order valence-corrected chi connectivity index (χ1v) is 10.5. The number of hydrogen-bond donors (Lipinski definition) is 0. The minimum Gasteiger partial charge on any atom is -0.497 e. The second-order valence-electron chi connectivity index (χ2n) is 6.68. The Morgan fingerprint density at radius 2 is 1.57 bits per heavy atom. The van der Waals surface area contributed by atoms with Crippen molar-refractivity contribution in [1.29, 1.82) is 0 Å². The second kappa shape index (κ2) is 8.19. The van der Waals surface area contributed by atoms with Gasteiger partial charge in [-0.2, -0.15) is 0 Å². The summed E-state index contributed by atoms with van der Waals surface area (Å²) < 4.78 is 42.7. The monoisotopic (exact) mass is 431 g/mol. The van der Waals surface area contributed by atoms with E-state index in [9.17, 15) is 18.0 Å². The van der Waals surface area contributed by atoms with E-state index in [1.165, 1.54) is 31.4 Å². The van der Waals surface area contributed by atoms with E-state index in [4.69, 9.17) is 14.2 Å². The quantitative estimate of drug-likeness (QED) is 0.671. The first-order valence-electron chi connectivity index (χ1n) is 9.05. The summed E-state index contributed by atoms with van der Waals surface area (Å²) in [5.41, 5.74) is -0.0424. The Bertz CT molecular complexity index is 1120. The molecule has 1 heterocycles. The Morgan fingerprint density at radius 3 is 2.13 bits per heavy atom. The van der Waals surface area contributed by atoms with E-state index in [1.807, 2.05) is 0 Å². The van der Waals surface area contributed by atoms with Gasteiger partial charge in [0.05, 0.1) is 24.7 Å². The Balaban J connectivity index is 2.20. The van der Waals surface area contributed by atoms with E-state index in [0.29, 0.717) is 5.75 Å². The molecule has 2 aromatic carbocycles. The fourth-order valence-electron chi connectivity index (χ4n) is 3.13. The van der Waals surface area contributed by atoms with Crippen LogP contribution in [0.2, 0.25) is 0 Å². The number of esters is 2. The molecule has 0 atom stereocenters. The number of fused-ring (bicyclic) bond motifs is 1. The van der Waals surface area contributed by atoms with E-state index >= 15 is 0 Å². The van der Waals surface area contributed by atoms with E-state index < -0.39 is 28.0 Å². The third-order valence-electron chi connectivity index (χ3n) is 4.47. The molecule has 8 nitrogen and oxygen atoms in total. The fourth-order valence-corrected chi connectivity index (χ4v) is 4.98. The third-order valence-corrected chi connectivity index (χ3v) is 6.51. The maximum Gasteiger partial charge on any atom is 0.359 e. The standard InChI is InChI=1S/C21H21NO7S/c1-13(2)22-18(21(24)28-4)19(16-7-5-6-8-17(16)30(22,25)26)29-20(23)14-9-11-15(27-3)12-10-14/h5-13H,1-4H3. The minimum absolute atomic E-state index is 0.0658. The summed E-state index contributed by atoms with van der Waals surface area (Å²) in [6.45, 7) is 3.22. The molecule has 1 aliphatic rings. The highest BCUT2D eigenvalue weighted by molar-refractivity contribution is 7.89. The molecule has 1 aliphatic heterocycles. The van der Waals surface area contributed by atoms with Gasteiger partial charge >= 0.3 is 11.9 Å². The number of ether oxygens (including phenoxy) is 3. The van der Waals surface area contributed by atoms with Crippen molar-refractivity contribution < 1.29 is 32.2 Å². The van der Waals surface area contributed by atoms with Gasteiger partial charge in [0.25, 0.3) is 10.0 Å². The molecular weight excluding hydrogens is 410 g/mol. The third kappa shape index (κ3) is 3.63. The largest absolute Gasteiger partial charge is 0.497 e. The van der Waals surface area contributed by atoms with Crippen LogP contribution in [0.5, 0.6) is 5.75 Å². The second-order valence-corrected chi connectivity index (χ2v) is 8.46. The number of hydrogen-bond acceptors (Lipinski definition) is 7. The van der Waals surface area contributed by atoms with Crippen molar-refractivity contribution in [2.45, 2.75) is 24.8 Å². The van der Waals surface area contributed by atoms with Gasteiger partial charge in [-0.15, -0.1) is 0 Å². The van der Waals surface area contributed by atoms with Crippen LogP contribution < -0.4 is 4.74 Å². The predicted molar refractivity (Wildman–Crippen MR) is 108 cm³/mol. The van der Waals surface area contributed by atoms with Crippen molar-refractivity contribution in [3.8, 4) is 5.75 Å². The molecule has 3 rings (SSSR count). The summed E-state index contributed by atoms with van der Waals surface area (Å²) in [6, 6.07) is 11.6. The molecule has 0 aromatic heterocycles. The van der Waals surface area contributed by atoms with Gasteiger partial charge in [-0.1, -0.05) is 12.1 Å². The van der Waals surface area contributed by atoms with Crippen LogP contribution in [0.25, 0.3) is 5.76 Å². The maximum atomic E-state index is 13.2. The molecule has 158 valence electrons. The van der Waals surface area contributed by atoms with Crippen molar-refractivity contribution in [3.05, 3.63) is 65.4 Å². The van der Waals surface area contributed by atoms with E-state index in [-0.39, 0.29) is 27.5 Å². The van der Waals surface area contributed by atoms with Gasteiger partial charge in [-0.05, 0) is 50.2 Å². The van der Waals surface area contributed by atoms with Crippen LogP contribution in [0.15, 0.2) is 59.1 Å². The van der Waals surface area contributed by atoms with Crippen LogP contribution in [0.1, 0.15) is 29.8 Å². The van der Waals surface area contributed by atoms with Gasteiger partial charge in [-0.3, -0.25) is 4.31 Å². The van der Waals surface area contributed by atoms with Crippen LogP contribution in [0.3, 0.4) is 0 Å². The van der Waals surface area contributed by atoms with Crippen molar-refractivity contribution in [2.24, 2.45) is 0 Å². The van der Waals surface area contributed by atoms with Gasteiger partial charge < -0.3 is 14.2 Å². The van der Waals surface area contributed by atoms with E-state index in [0.717, 1.165) is 11.4 Å². The summed E-state index contributed by atoms with van der Waals surface area (Å²) in [5, 5.41) is 0. The van der Waals surface area contributed by atoms with Gasteiger partial charge in [0.1, 0.15) is 5.75 Å². The maximum absolute atomic E-state index is 13.2. The van der Waals surface area contributed by atoms with Crippen LogP contribution in [0.4, 0.5) is 0 Å². The lowest BCUT2D eigenvalue weighted by molar-refractivity contribution is -0.137. The van der Waals surface area contributed by atoms with Crippen LogP contribution in [-0.2, 0) is 24.3 Å². The van der Waals surface area contributed by atoms with E-state index in [2.05, 4.69) is 0 Å². The lowest BCUT2D eigenvalue weighted by Gasteiger charge is -2.34. The Morgan fingerprint density at radius 1 is 0.933 bits per heavy atom. The van der Waals surface area contributed by atoms with Gasteiger partial charge in [0, 0.05) is 11.6 Å². The Kier molecular flexibility index (Phi) is 5.84. The molecular formula is C21H21NO7S. The first kappa shape index (κ1) is 21.4. The Hall–Kier alpha value is -3.33. The van der Waals surface area contributed by atoms with Crippen LogP contribution in [0, 0.1) is 0 Å². The van der Waals surface area contributed by atoms with Crippen molar-refractivity contribution in [1.82, 2.24) is 4.31 Å². The topological polar surface area (TPSA) is 99.2 Å². The summed E-state index contributed by atoms with van der Waals surface area (Å²) in [4.78, 5) is 25.3. The highest BCUT2D eigenvalue weighted by atomic mass is 32.2. The van der Waals surface area contributed by atoms with Crippen LogP contribution in [-0.4, -0.2) is 44.9 Å².